The van der Waals surface area contributed by atoms with Gasteiger partial charge < -0.3 is 5.11 Å². The van der Waals surface area contributed by atoms with E-state index < -0.39 is 0 Å². The van der Waals surface area contributed by atoms with E-state index in [1.807, 2.05) is 5.38 Å². The summed E-state index contributed by atoms with van der Waals surface area (Å²) in [6.07, 6.45) is 0. The molecule has 1 rings (SSSR count). The third kappa shape index (κ3) is 4.05. The lowest BCUT2D eigenvalue weighted by molar-refractivity contribution is 0.298. The van der Waals surface area contributed by atoms with Crippen LogP contribution < -0.4 is 0 Å². The maximum Gasteiger partial charge on any atom is 0.104 e. The number of aliphatic hydroxyl groups excluding tert-OH is 1. The highest BCUT2D eigenvalue weighted by Gasteiger charge is 2.03. The molecule has 1 N–H and O–H groups in total. The minimum atomic E-state index is -0.0682. The molecule has 1 aromatic heterocycles. The van der Waals surface area contributed by atoms with E-state index in [0.717, 1.165) is 25.2 Å². The predicted molar refractivity (Wildman–Crippen MR) is 64.9 cm³/mol. The minimum Gasteiger partial charge on any atom is -0.384 e. The van der Waals surface area contributed by atoms with Gasteiger partial charge in [0.2, 0.25) is 0 Å². The second-order valence-corrected chi connectivity index (χ2v) is 4.22. The summed E-state index contributed by atoms with van der Waals surface area (Å²) in [4.78, 5) is 3.70. The number of nitrogens with zero attached hydrogens (tertiary/aromatic N) is 1. The highest BCUT2D eigenvalue weighted by atomic mass is 32.1. The van der Waals surface area contributed by atoms with Crippen LogP contribution in [0.3, 0.4) is 0 Å². The Labute approximate surface area is 95.5 Å². The van der Waals surface area contributed by atoms with Crippen LogP contribution in [0.2, 0.25) is 0 Å². The number of thiophene rings is 1. The summed E-state index contributed by atoms with van der Waals surface area (Å²) in [7, 11) is 0. The fraction of sp³-hybridized carbons (Fsp3) is 0.500. The molecule has 0 amide bonds. The summed E-state index contributed by atoms with van der Waals surface area (Å²) < 4.78 is 0. The Morgan fingerprint density at radius 2 is 2.13 bits per heavy atom. The molecule has 3 heteroatoms. The fourth-order valence-electron chi connectivity index (χ4n) is 1.34. The van der Waals surface area contributed by atoms with E-state index in [1.165, 1.54) is 4.88 Å². The van der Waals surface area contributed by atoms with Crippen LogP contribution in [0.15, 0.2) is 11.4 Å². The third-order valence-corrected chi connectivity index (χ3v) is 3.16. The molecule has 0 aliphatic rings. The SMILES string of the molecule is CCN(CC)Cc1cc(C#CCO)cs1. The lowest BCUT2D eigenvalue weighted by Crippen LogP contribution is -2.21. The summed E-state index contributed by atoms with van der Waals surface area (Å²) >= 11 is 1.73. The van der Waals surface area contributed by atoms with Gasteiger partial charge in [-0.25, -0.2) is 0 Å². The van der Waals surface area contributed by atoms with E-state index in [1.54, 1.807) is 11.3 Å². The van der Waals surface area contributed by atoms with Crippen molar-refractivity contribution in [1.82, 2.24) is 4.90 Å². The molecule has 0 aromatic carbocycles. The van der Waals surface area contributed by atoms with Gasteiger partial charge >= 0.3 is 0 Å². The largest absolute Gasteiger partial charge is 0.384 e. The van der Waals surface area contributed by atoms with Crippen molar-refractivity contribution < 1.29 is 5.11 Å². The van der Waals surface area contributed by atoms with Crippen LogP contribution in [-0.4, -0.2) is 29.7 Å². The molecule has 82 valence electrons. The standard InChI is InChI=1S/C12H17NOS/c1-3-13(4-2)9-12-8-11(10-15-12)6-5-7-14/h8,10,14H,3-4,7,9H2,1-2H3. The van der Waals surface area contributed by atoms with Crippen molar-refractivity contribution in [1.29, 1.82) is 0 Å². The minimum absolute atomic E-state index is 0.0682. The first-order chi connectivity index (χ1) is 7.30. The molecule has 0 atom stereocenters. The van der Waals surface area contributed by atoms with Gasteiger partial charge in [0.05, 0.1) is 0 Å². The summed E-state index contributed by atoms with van der Waals surface area (Å²) in [5, 5.41) is 10.6. The molecular formula is C12H17NOS. The molecule has 0 fully saturated rings. The van der Waals surface area contributed by atoms with Gasteiger partial charge in [-0.05, 0) is 19.2 Å². The Balaban J connectivity index is 2.59. The molecule has 0 bridgehead atoms. The van der Waals surface area contributed by atoms with Crippen molar-refractivity contribution in [2.75, 3.05) is 19.7 Å². The Morgan fingerprint density at radius 3 is 2.73 bits per heavy atom. The van der Waals surface area contributed by atoms with Gasteiger partial charge in [-0.2, -0.15) is 0 Å². The maximum absolute atomic E-state index is 8.58. The van der Waals surface area contributed by atoms with Crippen molar-refractivity contribution in [2.45, 2.75) is 20.4 Å². The van der Waals surface area contributed by atoms with E-state index in [-0.39, 0.29) is 6.61 Å². The van der Waals surface area contributed by atoms with Gasteiger partial charge in [-0.3, -0.25) is 4.90 Å². The lowest BCUT2D eigenvalue weighted by Gasteiger charge is -2.16. The van der Waals surface area contributed by atoms with Gasteiger partial charge in [0.15, 0.2) is 0 Å². The van der Waals surface area contributed by atoms with E-state index >= 15 is 0 Å². The average molecular weight is 223 g/mol. The molecule has 0 saturated heterocycles. The Kier molecular flexibility index (Phi) is 5.41. The zero-order valence-electron chi connectivity index (χ0n) is 9.29. The molecule has 0 aliphatic heterocycles. The maximum atomic E-state index is 8.58. The van der Waals surface area contributed by atoms with Gasteiger partial charge in [-0.1, -0.05) is 25.7 Å². The van der Waals surface area contributed by atoms with Crippen LogP contribution >= 0.6 is 11.3 Å². The number of hydrogen-bond acceptors (Lipinski definition) is 3. The monoisotopic (exact) mass is 223 g/mol. The van der Waals surface area contributed by atoms with Crippen molar-refractivity contribution in [2.24, 2.45) is 0 Å². The molecule has 2 nitrogen and oxygen atoms in total. The second-order valence-electron chi connectivity index (χ2n) is 3.22. The molecule has 0 aliphatic carbocycles. The van der Waals surface area contributed by atoms with Crippen molar-refractivity contribution in [3.63, 3.8) is 0 Å². The van der Waals surface area contributed by atoms with Crippen LogP contribution in [0.25, 0.3) is 0 Å². The Hall–Kier alpha value is -0.820. The molecule has 0 spiro atoms. The number of hydrogen-bond donors (Lipinski definition) is 1. The topological polar surface area (TPSA) is 23.5 Å². The Morgan fingerprint density at radius 1 is 1.40 bits per heavy atom. The lowest BCUT2D eigenvalue weighted by atomic mass is 10.3. The van der Waals surface area contributed by atoms with Crippen molar-refractivity contribution in [3.05, 3.63) is 21.9 Å². The normalized spacial score (nSPS) is 10.1. The smallest absolute Gasteiger partial charge is 0.104 e. The first-order valence-corrected chi connectivity index (χ1v) is 6.07. The summed E-state index contributed by atoms with van der Waals surface area (Å²) in [5.41, 5.74) is 1.01. The van der Waals surface area contributed by atoms with E-state index in [0.29, 0.717) is 0 Å². The zero-order valence-corrected chi connectivity index (χ0v) is 10.1. The molecule has 0 radical (unpaired) electrons. The summed E-state index contributed by atoms with van der Waals surface area (Å²) in [6, 6.07) is 2.10. The quantitative estimate of drug-likeness (QED) is 0.788. The molecule has 0 saturated carbocycles. The van der Waals surface area contributed by atoms with Gasteiger partial charge in [0.25, 0.3) is 0 Å². The van der Waals surface area contributed by atoms with Crippen molar-refractivity contribution in [3.8, 4) is 11.8 Å². The highest BCUT2D eigenvalue weighted by Crippen LogP contribution is 2.15. The van der Waals surface area contributed by atoms with Gasteiger partial charge in [-0.15, -0.1) is 11.3 Å². The van der Waals surface area contributed by atoms with E-state index in [9.17, 15) is 0 Å². The molecule has 0 unspecified atom stereocenters. The Bertz CT molecular complexity index is 344. The summed E-state index contributed by atoms with van der Waals surface area (Å²) in [5.74, 6) is 5.57. The number of aliphatic hydroxyl groups is 1. The van der Waals surface area contributed by atoms with Crippen molar-refractivity contribution >= 4 is 11.3 Å². The molecule has 1 aromatic rings. The number of rotatable bonds is 4. The van der Waals surface area contributed by atoms with Crippen LogP contribution in [0.5, 0.6) is 0 Å². The zero-order chi connectivity index (χ0) is 11.1. The molecular weight excluding hydrogens is 206 g/mol. The highest BCUT2D eigenvalue weighted by molar-refractivity contribution is 7.10. The van der Waals surface area contributed by atoms with Crippen LogP contribution in [-0.2, 0) is 6.54 Å². The van der Waals surface area contributed by atoms with Crippen LogP contribution in [0, 0.1) is 11.8 Å². The predicted octanol–water partition coefficient (Wildman–Crippen LogP) is 1.93. The van der Waals surface area contributed by atoms with Gasteiger partial charge in [0.1, 0.15) is 6.61 Å². The first kappa shape index (κ1) is 12.3. The fourth-order valence-corrected chi connectivity index (χ4v) is 2.20. The molecule has 1 heterocycles. The van der Waals surface area contributed by atoms with E-state index in [2.05, 4.69) is 36.7 Å². The average Bonchev–Trinajstić information content (AvgIpc) is 2.70. The summed E-state index contributed by atoms with van der Waals surface area (Å²) in [6.45, 7) is 7.42. The first-order valence-electron chi connectivity index (χ1n) is 5.19. The van der Waals surface area contributed by atoms with Crippen LogP contribution in [0.4, 0.5) is 0 Å². The van der Waals surface area contributed by atoms with Crippen LogP contribution in [0.1, 0.15) is 24.3 Å². The third-order valence-electron chi connectivity index (χ3n) is 2.24. The van der Waals surface area contributed by atoms with Gasteiger partial charge in [0, 0.05) is 22.4 Å². The van der Waals surface area contributed by atoms with E-state index in [4.69, 9.17) is 5.11 Å². The molecule has 15 heavy (non-hydrogen) atoms. The second kappa shape index (κ2) is 6.62.